The Morgan fingerprint density at radius 3 is 2.60 bits per heavy atom. The van der Waals surface area contributed by atoms with Crippen LogP contribution in [0.4, 0.5) is 4.79 Å². The van der Waals surface area contributed by atoms with E-state index < -0.39 is 5.60 Å². The van der Waals surface area contributed by atoms with Crippen molar-refractivity contribution in [2.45, 2.75) is 45.1 Å². The molecule has 0 aliphatic carbocycles. The van der Waals surface area contributed by atoms with Crippen LogP contribution in [0.15, 0.2) is 28.7 Å². The third-order valence-electron chi connectivity index (χ3n) is 5.08. The third-order valence-corrected chi connectivity index (χ3v) is 5.58. The molecule has 0 saturated carbocycles. The van der Waals surface area contributed by atoms with E-state index in [4.69, 9.17) is 4.74 Å². The van der Waals surface area contributed by atoms with Crippen molar-refractivity contribution in [1.29, 1.82) is 0 Å². The molecule has 5 nitrogen and oxygen atoms in total. The zero-order chi connectivity index (χ0) is 18.2. The number of hydrogen-bond donors (Lipinski definition) is 1. The predicted molar refractivity (Wildman–Crippen MR) is 99.4 cm³/mol. The molecule has 2 saturated heterocycles. The highest BCUT2D eigenvalue weighted by Gasteiger charge is 2.50. The van der Waals surface area contributed by atoms with Crippen molar-refractivity contribution in [2.75, 3.05) is 19.6 Å². The maximum Gasteiger partial charge on any atom is 0.410 e. The second-order valence-corrected chi connectivity index (χ2v) is 8.95. The average molecular weight is 409 g/mol. The first kappa shape index (κ1) is 18.2. The van der Waals surface area contributed by atoms with E-state index in [-0.39, 0.29) is 23.3 Å². The molecule has 2 fully saturated rings. The van der Waals surface area contributed by atoms with Crippen molar-refractivity contribution in [1.82, 2.24) is 10.2 Å². The fourth-order valence-electron chi connectivity index (χ4n) is 3.86. The lowest BCUT2D eigenvalue weighted by Crippen LogP contribution is -2.47. The van der Waals surface area contributed by atoms with Crippen LogP contribution in [0.5, 0.6) is 0 Å². The van der Waals surface area contributed by atoms with Gasteiger partial charge < -0.3 is 15.0 Å². The van der Waals surface area contributed by atoms with Crippen LogP contribution >= 0.6 is 15.9 Å². The summed E-state index contributed by atoms with van der Waals surface area (Å²) in [6.07, 6.45) is 1.32. The molecule has 3 rings (SSSR count). The summed E-state index contributed by atoms with van der Waals surface area (Å²) < 4.78 is 6.45. The normalized spacial score (nSPS) is 22.8. The minimum Gasteiger partial charge on any atom is -0.444 e. The maximum absolute atomic E-state index is 12.5. The molecule has 136 valence electrons. The quantitative estimate of drug-likeness (QED) is 0.770. The number of carbonyl (C=O) groups excluding carboxylic acids is 2. The van der Waals surface area contributed by atoms with E-state index in [2.05, 4.69) is 21.2 Å². The minimum absolute atomic E-state index is 0.0869. The highest BCUT2D eigenvalue weighted by Crippen LogP contribution is 2.47. The van der Waals surface area contributed by atoms with Crippen LogP contribution in [0, 0.1) is 5.41 Å². The van der Waals surface area contributed by atoms with Gasteiger partial charge in [-0.3, -0.25) is 4.79 Å². The molecule has 0 aromatic heterocycles. The molecule has 6 heteroatoms. The maximum atomic E-state index is 12.5. The molecule has 1 spiro atoms. The molecule has 2 aliphatic heterocycles. The first-order valence-corrected chi connectivity index (χ1v) is 9.51. The molecule has 0 radical (unpaired) electrons. The fourth-order valence-corrected chi connectivity index (χ4v) is 4.28. The van der Waals surface area contributed by atoms with Crippen molar-refractivity contribution < 1.29 is 14.3 Å². The summed E-state index contributed by atoms with van der Waals surface area (Å²) >= 11 is 3.50. The summed E-state index contributed by atoms with van der Waals surface area (Å²) in [4.78, 5) is 26.6. The number of hydrogen-bond acceptors (Lipinski definition) is 3. The number of nitrogens with one attached hydrogen (secondary N) is 1. The minimum atomic E-state index is -0.490. The van der Waals surface area contributed by atoms with Gasteiger partial charge in [0.1, 0.15) is 5.60 Å². The Balaban J connectivity index is 1.75. The van der Waals surface area contributed by atoms with E-state index in [1.165, 1.54) is 0 Å². The highest BCUT2D eigenvalue weighted by molar-refractivity contribution is 9.10. The number of amides is 2. The van der Waals surface area contributed by atoms with Crippen molar-refractivity contribution in [3.63, 3.8) is 0 Å². The molecule has 2 heterocycles. The van der Waals surface area contributed by atoms with Gasteiger partial charge in [-0.05, 0) is 51.3 Å². The first-order valence-electron chi connectivity index (χ1n) is 8.71. The van der Waals surface area contributed by atoms with Gasteiger partial charge in [0.15, 0.2) is 0 Å². The lowest BCUT2D eigenvalue weighted by atomic mass is 9.68. The van der Waals surface area contributed by atoms with Gasteiger partial charge in [-0.1, -0.05) is 28.1 Å². The summed E-state index contributed by atoms with van der Waals surface area (Å²) in [5.74, 6) is -0.0744. The molecule has 0 unspecified atom stereocenters. The molecule has 1 atom stereocenters. The Hall–Kier alpha value is -1.56. The summed E-state index contributed by atoms with van der Waals surface area (Å²) in [6.45, 7) is 7.53. The lowest BCUT2D eigenvalue weighted by molar-refractivity contribution is -0.121. The van der Waals surface area contributed by atoms with Gasteiger partial charge in [-0.25, -0.2) is 4.79 Å². The van der Waals surface area contributed by atoms with Crippen molar-refractivity contribution in [2.24, 2.45) is 5.41 Å². The number of benzene rings is 1. The standard InChI is InChI=1S/C19H25BrN2O3/c1-18(2,3)25-17(24)22-9-7-19(8-10-22)12-21-16(23)15(19)13-5-4-6-14(20)11-13/h4-6,11,15H,7-10,12H2,1-3H3,(H,21,23)/t15-/m1/s1. The first-order chi connectivity index (χ1) is 11.7. The molecule has 1 aromatic rings. The Morgan fingerprint density at radius 1 is 1.32 bits per heavy atom. The zero-order valence-electron chi connectivity index (χ0n) is 15.0. The fraction of sp³-hybridized carbons (Fsp3) is 0.579. The molecule has 2 aliphatic rings. The Bertz CT molecular complexity index is 675. The van der Waals surface area contributed by atoms with Crippen molar-refractivity contribution >= 4 is 27.9 Å². The van der Waals surface area contributed by atoms with Crippen LogP contribution in [0.3, 0.4) is 0 Å². The van der Waals surface area contributed by atoms with E-state index in [1.807, 2.05) is 45.0 Å². The Labute approximate surface area is 157 Å². The van der Waals surface area contributed by atoms with Crippen LogP contribution in [0.1, 0.15) is 45.1 Å². The van der Waals surface area contributed by atoms with Crippen LogP contribution in [-0.2, 0) is 9.53 Å². The van der Waals surface area contributed by atoms with E-state index in [9.17, 15) is 9.59 Å². The van der Waals surface area contributed by atoms with Gasteiger partial charge in [0.25, 0.3) is 0 Å². The zero-order valence-corrected chi connectivity index (χ0v) is 16.6. The molecule has 1 aromatic carbocycles. The van der Waals surface area contributed by atoms with Gasteiger partial charge in [0.2, 0.25) is 5.91 Å². The molecule has 2 amide bonds. The summed E-state index contributed by atoms with van der Waals surface area (Å²) in [6, 6.07) is 7.97. The summed E-state index contributed by atoms with van der Waals surface area (Å²) in [7, 11) is 0. The van der Waals surface area contributed by atoms with Crippen LogP contribution in [0.25, 0.3) is 0 Å². The number of ether oxygens (including phenoxy) is 1. The van der Waals surface area contributed by atoms with Crippen LogP contribution in [0.2, 0.25) is 0 Å². The number of carbonyl (C=O) groups is 2. The highest BCUT2D eigenvalue weighted by atomic mass is 79.9. The monoisotopic (exact) mass is 408 g/mol. The number of likely N-dealkylation sites (tertiary alicyclic amines) is 1. The van der Waals surface area contributed by atoms with E-state index in [0.717, 1.165) is 22.9 Å². The lowest BCUT2D eigenvalue weighted by Gasteiger charge is -2.41. The van der Waals surface area contributed by atoms with Crippen LogP contribution < -0.4 is 5.32 Å². The largest absolute Gasteiger partial charge is 0.444 e. The second kappa shape index (κ2) is 6.63. The predicted octanol–water partition coefficient (Wildman–Crippen LogP) is 3.68. The molecular weight excluding hydrogens is 384 g/mol. The van der Waals surface area contributed by atoms with E-state index in [0.29, 0.717) is 19.6 Å². The van der Waals surface area contributed by atoms with Gasteiger partial charge in [-0.15, -0.1) is 0 Å². The smallest absolute Gasteiger partial charge is 0.410 e. The Morgan fingerprint density at radius 2 is 2.00 bits per heavy atom. The Kier molecular flexibility index (Phi) is 4.84. The summed E-state index contributed by atoms with van der Waals surface area (Å²) in [5, 5.41) is 3.04. The van der Waals surface area contributed by atoms with E-state index in [1.54, 1.807) is 4.90 Å². The summed E-state index contributed by atoms with van der Waals surface area (Å²) in [5.41, 5.74) is 0.418. The van der Waals surface area contributed by atoms with Gasteiger partial charge in [0.05, 0.1) is 5.92 Å². The number of nitrogens with zero attached hydrogens (tertiary/aromatic N) is 1. The van der Waals surface area contributed by atoms with Gasteiger partial charge in [0, 0.05) is 29.5 Å². The molecule has 1 N–H and O–H groups in total. The van der Waals surface area contributed by atoms with Gasteiger partial charge in [-0.2, -0.15) is 0 Å². The molecule has 0 bridgehead atoms. The third kappa shape index (κ3) is 3.84. The van der Waals surface area contributed by atoms with Crippen molar-refractivity contribution in [3.8, 4) is 0 Å². The second-order valence-electron chi connectivity index (χ2n) is 8.04. The molecule has 25 heavy (non-hydrogen) atoms. The number of halogens is 1. The van der Waals surface area contributed by atoms with Crippen molar-refractivity contribution in [3.05, 3.63) is 34.3 Å². The number of rotatable bonds is 1. The van der Waals surface area contributed by atoms with Crippen LogP contribution in [-0.4, -0.2) is 42.1 Å². The van der Waals surface area contributed by atoms with Gasteiger partial charge >= 0.3 is 6.09 Å². The average Bonchev–Trinajstić information content (AvgIpc) is 2.82. The molecular formula is C19H25BrN2O3. The van der Waals surface area contributed by atoms with E-state index >= 15 is 0 Å². The SMILES string of the molecule is CC(C)(C)OC(=O)N1CCC2(CC1)CNC(=O)[C@H]2c1cccc(Br)c1. The topological polar surface area (TPSA) is 58.6 Å². The number of piperidine rings is 1.